The van der Waals surface area contributed by atoms with E-state index in [0.717, 1.165) is 16.3 Å². The highest BCUT2D eigenvalue weighted by molar-refractivity contribution is 6.30. The van der Waals surface area contributed by atoms with Gasteiger partial charge >= 0.3 is 5.97 Å². The second-order valence-electron chi connectivity index (χ2n) is 6.69. The van der Waals surface area contributed by atoms with Gasteiger partial charge in [-0.3, -0.25) is 4.79 Å². The first-order valence-corrected chi connectivity index (χ1v) is 9.87. The first-order chi connectivity index (χ1) is 15.1. The Morgan fingerprint density at radius 1 is 0.839 bits per heavy atom. The standard InChI is InChI=1S/C25H17ClN2O3/c26-20-12-10-19(11-13-20)24(29)28-27-16-17-8-14-21(15-9-17)31-25(30)23-7-3-5-18-4-1-2-6-22(18)23/h1-16H,(H,28,29)/b27-16-. The Labute approximate surface area is 183 Å². The molecule has 0 spiro atoms. The van der Waals surface area contributed by atoms with Crippen molar-refractivity contribution in [3.05, 3.63) is 113 Å². The minimum Gasteiger partial charge on any atom is -0.423 e. The summed E-state index contributed by atoms with van der Waals surface area (Å²) in [4.78, 5) is 24.6. The van der Waals surface area contributed by atoms with Crippen molar-refractivity contribution in [2.24, 2.45) is 5.10 Å². The molecule has 31 heavy (non-hydrogen) atoms. The van der Waals surface area contributed by atoms with Gasteiger partial charge < -0.3 is 4.74 Å². The second-order valence-corrected chi connectivity index (χ2v) is 7.13. The number of nitrogens with one attached hydrogen (secondary N) is 1. The molecule has 0 aliphatic carbocycles. The van der Waals surface area contributed by atoms with Crippen LogP contribution in [0, 0.1) is 0 Å². The van der Waals surface area contributed by atoms with Crippen molar-refractivity contribution >= 4 is 40.5 Å². The van der Waals surface area contributed by atoms with E-state index in [1.54, 1.807) is 54.6 Å². The predicted molar refractivity (Wildman–Crippen MR) is 122 cm³/mol. The van der Waals surface area contributed by atoms with E-state index in [2.05, 4.69) is 10.5 Å². The summed E-state index contributed by atoms with van der Waals surface area (Å²) in [6.07, 6.45) is 1.50. The third-order valence-corrected chi connectivity index (χ3v) is 4.84. The summed E-state index contributed by atoms with van der Waals surface area (Å²) in [5.74, 6) is -0.345. The highest BCUT2D eigenvalue weighted by Crippen LogP contribution is 2.21. The van der Waals surface area contributed by atoms with E-state index in [0.29, 0.717) is 21.9 Å². The van der Waals surface area contributed by atoms with Crippen molar-refractivity contribution < 1.29 is 14.3 Å². The van der Waals surface area contributed by atoms with Gasteiger partial charge in [0.25, 0.3) is 5.91 Å². The van der Waals surface area contributed by atoms with Gasteiger partial charge in [-0.1, -0.05) is 48.0 Å². The van der Waals surface area contributed by atoms with Crippen LogP contribution in [0.2, 0.25) is 5.02 Å². The molecule has 0 heterocycles. The lowest BCUT2D eigenvalue weighted by Crippen LogP contribution is -2.17. The van der Waals surface area contributed by atoms with Crippen molar-refractivity contribution in [2.45, 2.75) is 0 Å². The number of carbonyl (C=O) groups excluding carboxylic acids is 2. The number of esters is 1. The molecule has 0 aliphatic rings. The van der Waals surface area contributed by atoms with Crippen LogP contribution < -0.4 is 10.2 Å². The number of amides is 1. The van der Waals surface area contributed by atoms with E-state index >= 15 is 0 Å². The maximum Gasteiger partial charge on any atom is 0.344 e. The quantitative estimate of drug-likeness (QED) is 0.198. The van der Waals surface area contributed by atoms with Crippen LogP contribution in [0.3, 0.4) is 0 Å². The number of hydrogen-bond donors (Lipinski definition) is 1. The molecule has 0 aliphatic heterocycles. The number of carbonyl (C=O) groups is 2. The van der Waals surface area contributed by atoms with E-state index in [1.165, 1.54) is 6.21 Å². The molecule has 0 aromatic heterocycles. The molecule has 6 heteroatoms. The third kappa shape index (κ3) is 4.97. The molecule has 0 saturated carbocycles. The Bertz CT molecular complexity index is 1260. The Balaban J connectivity index is 1.39. The van der Waals surface area contributed by atoms with Crippen LogP contribution in [0.25, 0.3) is 10.8 Å². The lowest BCUT2D eigenvalue weighted by atomic mass is 10.0. The Morgan fingerprint density at radius 2 is 1.55 bits per heavy atom. The molecule has 4 aromatic rings. The Morgan fingerprint density at radius 3 is 2.32 bits per heavy atom. The van der Waals surface area contributed by atoms with Gasteiger partial charge in [-0.05, 0) is 70.9 Å². The number of hydrogen-bond acceptors (Lipinski definition) is 4. The molecule has 1 amide bonds. The fourth-order valence-corrected chi connectivity index (χ4v) is 3.14. The molecule has 0 atom stereocenters. The van der Waals surface area contributed by atoms with Crippen molar-refractivity contribution in [3.8, 4) is 5.75 Å². The van der Waals surface area contributed by atoms with Gasteiger partial charge in [0, 0.05) is 10.6 Å². The molecule has 4 rings (SSSR count). The zero-order valence-electron chi connectivity index (χ0n) is 16.3. The van der Waals surface area contributed by atoms with Crippen molar-refractivity contribution in [2.75, 3.05) is 0 Å². The molecule has 0 bridgehead atoms. The SMILES string of the molecule is O=C(N/N=C\c1ccc(OC(=O)c2cccc3ccccc23)cc1)c1ccc(Cl)cc1. The number of fused-ring (bicyclic) bond motifs is 1. The van der Waals surface area contributed by atoms with E-state index < -0.39 is 5.97 Å². The van der Waals surface area contributed by atoms with Gasteiger partial charge in [0.2, 0.25) is 0 Å². The van der Waals surface area contributed by atoms with Crippen molar-refractivity contribution in [3.63, 3.8) is 0 Å². The Kier molecular flexibility index (Phi) is 6.05. The number of nitrogens with zero attached hydrogens (tertiary/aromatic N) is 1. The van der Waals surface area contributed by atoms with Crippen LogP contribution in [0.4, 0.5) is 0 Å². The molecule has 4 aromatic carbocycles. The minimum atomic E-state index is -0.423. The van der Waals surface area contributed by atoms with Crippen LogP contribution in [-0.4, -0.2) is 18.1 Å². The minimum absolute atomic E-state index is 0.339. The fraction of sp³-hybridized carbons (Fsp3) is 0. The average molecular weight is 429 g/mol. The molecule has 0 saturated heterocycles. The van der Waals surface area contributed by atoms with E-state index in [-0.39, 0.29) is 5.91 Å². The lowest BCUT2D eigenvalue weighted by molar-refractivity contribution is 0.0736. The van der Waals surface area contributed by atoms with Crippen LogP contribution in [0.5, 0.6) is 5.75 Å². The highest BCUT2D eigenvalue weighted by Gasteiger charge is 2.12. The van der Waals surface area contributed by atoms with E-state index in [1.807, 2.05) is 36.4 Å². The highest BCUT2D eigenvalue weighted by atomic mass is 35.5. The monoisotopic (exact) mass is 428 g/mol. The molecular formula is C25H17ClN2O3. The molecular weight excluding hydrogens is 412 g/mol. The van der Waals surface area contributed by atoms with Gasteiger partial charge in [-0.2, -0.15) is 5.10 Å². The van der Waals surface area contributed by atoms with Gasteiger partial charge in [0.15, 0.2) is 0 Å². The molecule has 5 nitrogen and oxygen atoms in total. The third-order valence-electron chi connectivity index (χ3n) is 4.59. The maximum atomic E-state index is 12.6. The largest absolute Gasteiger partial charge is 0.423 e. The summed E-state index contributed by atoms with van der Waals surface area (Å²) in [5, 5.41) is 6.32. The van der Waals surface area contributed by atoms with Crippen LogP contribution in [-0.2, 0) is 0 Å². The summed E-state index contributed by atoms with van der Waals surface area (Å²) < 4.78 is 5.51. The molecule has 0 fully saturated rings. The average Bonchev–Trinajstić information content (AvgIpc) is 2.80. The van der Waals surface area contributed by atoms with Crippen molar-refractivity contribution in [1.29, 1.82) is 0 Å². The van der Waals surface area contributed by atoms with E-state index in [9.17, 15) is 9.59 Å². The smallest absolute Gasteiger partial charge is 0.344 e. The summed E-state index contributed by atoms with van der Waals surface area (Å²) in [6.45, 7) is 0. The number of rotatable bonds is 5. The molecule has 1 N–H and O–H groups in total. The summed E-state index contributed by atoms with van der Waals surface area (Å²) in [6, 6.07) is 26.5. The van der Waals surface area contributed by atoms with Gasteiger partial charge in [-0.15, -0.1) is 0 Å². The zero-order valence-corrected chi connectivity index (χ0v) is 17.0. The topological polar surface area (TPSA) is 67.8 Å². The van der Waals surface area contributed by atoms with E-state index in [4.69, 9.17) is 16.3 Å². The fourth-order valence-electron chi connectivity index (χ4n) is 3.02. The number of hydrazone groups is 1. The van der Waals surface area contributed by atoms with Gasteiger partial charge in [-0.25, -0.2) is 10.2 Å². The molecule has 0 radical (unpaired) electrons. The number of benzene rings is 4. The number of halogens is 1. The first-order valence-electron chi connectivity index (χ1n) is 9.49. The second kappa shape index (κ2) is 9.24. The van der Waals surface area contributed by atoms with Gasteiger partial charge in [0.05, 0.1) is 11.8 Å². The summed E-state index contributed by atoms with van der Waals surface area (Å²) >= 11 is 5.81. The predicted octanol–water partition coefficient (Wildman–Crippen LogP) is 5.48. The number of ether oxygens (including phenoxy) is 1. The van der Waals surface area contributed by atoms with Crippen LogP contribution >= 0.6 is 11.6 Å². The molecule has 0 unspecified atom stereocenters. The van der Waals surface area contributed by atoms with Gasteiger partial charge in [0.1, 0.15) is 5.75 Å². The van der Waals surface area contributed by atoms with Crippen LogP contribution in [0.15, 0.2) is 96.1 Å². The van der Waals surface area contributed by atoms with Crippen LogP contribution in [0.1, 0.15) is 26.3 Å². The Hall–Kier alpha value is -3.96. The maximum absolute atomic E-state index is 12.6. The lowest BCUT2D eigenvalue weighted by Gasteiger charge is -2.07. The zero-order chi connectivity index (χ0) is 21.6. The van der Waals surface area contributed by atoms with Crippen molar-refractivity contribution in [1.82, 2.24) is 5.43 Å². The normalized spacial score (nSPS) is 10.9. The summed E-state index contributed by atoms with van der Waals surface area (Å²) in [5.41, 5.74) is 4.16. The molecule has 152 valence electrons. The first kappa shape index (κ1) is 20.3. The summed E-state index contributed by atoms with van der Waals surface area (Å²) in [7, 11) is 0.